The summed E-state index contributed by atoms with van der Waals surface area (Å²) in [5.41, 5.74) is 1.06. The van der Waals surface area contributed by atoms with Crippen molar-refractivity contribution in [2.24, 2.45) is 5.92 Å². The molecule has 1 aromatic carbocycles. The fraction of sp³-hybridized carbons (Fsp3) is 0.429. The zero-order chi connectivity index (χ0) is 14.7. The Morgan fingerprint density at radius 3 is 2.50 bits per heavy atom. The smallest absolute Gasteiger partial charge is 0.320 e. The highest BCUT2D eigenvalue weighted by Gasteiger charge is 2.33. The summed E-state index contributed by atoms with van der Waals surface area (Å²) in [6.07, 6.45) is 0.139. The van der Waals surface area contributed by atoms with Gasteiger partial charge in [-0.1, -0.05) is 28.1 Å². The van der Waals surface area contributed by atoms with Crippen LogP contribution in [0.2, 0.25) is 0 Å². The molecule has 1 aromatic rings. The first-order valence-corrected chi connectivity index (χ1v) is 7.21. The molecule has 0 saturated carbocycles. The zero-order valence-electron chi connectivity index (χ0n) is 11.3. The van der Waals surface area contributed by atoms with E-state index in [1.54, 1.807) is 16.8 Å². The number of nitrogens with zero attached hydrogens (tertiary/aromatic N) is 2. The zero-order valence-corrected chi connectivity index (χ0v) is 12.8. The maximum Gasteiger partial charge on any atom is 0.320 e. The van der Waals surface area contributed by atoms with Gasteiger partial charge in [-0.25, -0.2) is 4.79 Å². The highest BCUT2D eigenvalue weighted by atomic mass is 79.9. The topological polar surface area (TPSA) is 60.9 Å². The molecule has 2 rings (SSSR count). The van der Waals surface area contributed by atoms with Crippen molar-refractivity contribution in [2.45, 2.75) is 13.0 Å². The quantitative estimate of drug-likeness (QED) is 0.915. The lowest BCUT2D eigenvalue weighted by Gasteiger charge is -2.40. The molecule has 0 unspecified atom stereocenters. The van der Waals surface area contributed by atoms with Crippen molar-refractivity contribution < 1.29 is 14.7 Å². The number of aliphatic carboxylic acids is 1. The molecule has 2 amide bonds. The first-order valence-electron chi connectivity index (χ1n) is 6.42. The summed E-state index contributed by atoms with van der Waals surface area (Å²) in [6, 6.07) is 7.78. The van der Waals surface area contributed by atoms with E-state index in [0.29, 0.717) is 19.6 Å². The normalized spacial score (nSPS) is 14.8. The van der Waals surface area contributed by atoms with Crippen molar-refractivity contribution in [1.82, 2.24) is 9.80 Å². The number of carboxylic acids is 1. The number of carbonyl (C=O) groups is 2. The highest BCUT2D eigenvalue weighted by Crippen LogP contribution is 2.21. The number of halogens is 1. The standard InChI is InChI=1S/C14H17BrN2O3/c1-16(7-10-2-4-12(15)5-3-10)14(20)17-8-11(9-17)6-13(18)19/h2-5,11H,6-9H2,1H3,(H,18,19). The van der Waals surface area contributed by atoms with E-state index in [2.05, 4.69) is 15.9 Å². The lowest BCUT2D eigenvalue weighted by molar-refractivity contribution is -0.139. The fourth-order valence-corrected chi connectivity index (χ4v) is 2.54. The van der Waals surface area contributed by atoms with E-state index in [1.807, 2.05) is 24.3 Å². The minimum Gasteiger partial charge on any atom is -0.481 e. The van der Waals surface area contributed by atoms with E-state index in [4.69, 9.17) is 5.11 Å². The van der Waals surface area contributed by atoms with Crippen molar-refractivity contribution >= 4 is 27.9 Å². The monoisotopic (exact) mass is 340 g/mol. The molecule has 5 nitrogen and oxygen atoms in total. The van der Waals surface area contributed by atoms with Crippen LogP contribution < -0.4 is 0 Å². The summed E-state index contributed by atoms with van der Waals surface area (Å²) >= 11 is 3.37. The predicted octanol–water partition coefficient (Wildman–Crippen LogP) is 2.41. The van der Waals surface area contributed by atoms with Gasteiger partial charge in [0.05, 0.1) is 6.42 Å². The Morgan fingerprint density at radius 2 is 1.95 bits per heavy atom. The number of amides is 2. The van der Waals surface area contributed by atoms with E-state index in [0.717, 1.165) is 10.0 Å². The average Bonchev–Trinajstić information content (AvgIpc) is 2.35. The van der Waals surface area contributed by atoms with E-state index in [1.165, 1.54) is 0 Å². The van der Waals surface area contributed by atoms with Crippen LogP contribution in [-0.2, 0) is 11.3 Å². The van der Waals surface area contributed by atoms with Gasteiger partial charge in [0.2, 0.25) is 0 Å². The molecule has 0 atom stereocenters. The van der Waals surface area contributed by atoms with Gasteiger partial charge in [-0.2, -0.15) is 0 Å². The lowest BCUT2D eigenvalue weighted by atomic mass is 9.97. The molecule has 0 aromatic heterocycles. The number of hydrogen-bond acceptors (Lipinski definition) is 2. The summed E-state index contributed by atoms with van der Waals surface area (Å²) in [5.74, 6) is -0.706. The maximum atomic E-state index is 12.1. The molecule has 0 aliphatic carbocycles. The van der Waals surface area contributed by atoms with E-state index >= 15 is 0 Å². The number of rotatable bonds is 4. The molecule has 1 saturated heterocycles. The van der Waals surface area contributed by atoms with Crippen LogP contribution in [0.5, 0.6) is 0 Å². The molecule has 1 N–H and O–H groups in total. The Kier molecular flexibility index (Phi) is 4.65. The predicted molar refractivity (Wildman–Crippen MR) is 78.3 cm³/mol. The van der Waals surface area contributed by atoms with Gasteiger partial charge in [0.25, 0.3) is 0 Å². The van der Waals surface area contributed by atoms with Crippen molar-refractivity contribution in [3.63, 3.8) is 0 Å². The van der Waals surface area contributed by atoms with Crippen LogP contribution in [0.3, 0.4) is 0 Å². The van der Waals surface area contributed by atoms with Crippen molar-refractivity contribution in [3.05, 3.63) is 34.3 Å². The van der Waals surface area contributed by atoms with Gasteiger partial charge >= 0.3 is 12.0 Å². The Morgan fingerprint density at radius 1 is 1.35 bits per heavy atom. The molecule has 20 heavy (non-hydrogen) atoms. The summed E-state index contributed by atoms with van der Waals surface area (Å²) in [6.45, 7) is 1.62. The molecule has 1 heterocycles. The first-order chi connectivity index (χ1) is 9.45. The molecular formula is C14H17BrN2O3. The van der Waals surface area contributed by atoms with Crippen LogP contribution in [0.15, 0.2) is 28.7 Å². The number of urea groups is 1. The second-order valence-electron chi connectivity index (χ2n) is 5.13. The SMILES string of the molecule is CN(Cc1ccc(Br)cc1)C(=O)N1CC(CC(=O)O)C1. The van der Waals surface area contributed by atoms with Crippen molar-refractivity contribution in [2.75, 3.05) is 20.1 Å². The molecule has 0 spiro atoms. The number of carboxylic acid groups (broad SMARTS) is 1. The second kappa shape index (κ2) is 6.26. The molecule has 0 bridgehead atoms. The molecule has 1 aliphatic rings. The Bertz CT molecular complexity index is 498. The van der Waals surface area contributed by atoms with Crippen LogP contribution >= 0.6 is 15.9 Å². The summed E-state index contributed by atoms with van der Waals surface area (Å²) in [7, 11) is 1.76. The molecule has 108 valence electrons. The molecule has 0 radical (unpaired) electrons. The Labute approximate surface area is 126 Å². The van der Waals surface area contributed by atoms with Crippen LogP contribution in [0.25, 0.3) is 0 Å². The first kappa shape index (κ1) is 14.8. The van der Waals surface area contributed by atoms with Gasteiger partial charge in [0.15, 0.2) is 0 Å². The maximum absolute atomic E-state index is 12.1. The summed E-state index contributed by atoms with van der Waals surface area (Å²) in [5, 5.41) is 8.68. The Hall–Kier alpha value is -1.56. The van der Waals surface area contributed by atoms with Crippen LogP contribution in [-0.4, -0.2) is 47.0 Å². The molecule has 1 aliphatic heterocycles. The Balaban J connectivity index is 1.81. The van der Waals surface area contributed by atoms with E-state index in [-0.39, 0.29) is 18.4 Å². The number of hydrogen-bond donors (Lipinski definition) is 1. The van der Waals surface area contributed by atoms with Gasteiger partial charge in [0.1, 0.15) is 0 Å². The fourth-order valence-electron chi connectivity index (χ4n) is 2.27. The van der Waals surface area contributed by atoms with Gasteiger partial charge in [-0.05, 0) is 17.7 Å². The largest absolute Gasteiger partial charge is 0.481 e. The number of likely N-dealkylation sites (tertiary alicyclic amines) is 1. The van der Waals surface area contributed by atoms with Gasteiger partial charge in [0, 0.05) is 37.1 Å². The molecular weight excluding hydrogens is 324 g/mol. The van der Waals surface area contributed by atoms with Crippen LogP contribution in [0, 0.1) is 5.92 Å². The number of carbonyl (C=O) groups excluding carboxylic acids is 1. The summed E-state index contributed by atoms with van der Waals surface area (Å²) in [4.78, 5) is 26.0. The third kappa shape index (κ3) is 3.72. The highest BCUT2D eigenvalue weighted by molar-refractivity contribution is 9.10. The van der Waals surface area contributed by atoms with Crippen molar-refractivity contribution in [3.8, 4) is 0 Å². The van der Waals surface area contributed by atoms with E-state index in [9.17, 15) is 9.59 Å². The van der Waals surface area contributed by atoms with Crippen molar-refractivity contribution in [1.29, 1.82) is 0 Å². The minimum absolute atomic E-state index is 0.0467. The van der Waals surface area contributed by atoms with Crippen LogP contribution in [0.1, 0.15) is 12.0 Å². The minimum atomic E-state index is -0.801. The third-order valence-electron chi connectivity index (χ3n) is 3.35. The van der Waals surface area contributed by atoms with E-state index < -0.39 is 5.97 Å². The second-order valence-corrected chi connectivity index (χ2v) is 6.05. The molecule has 6 heteroatoms. The summed E-state index contributed by atoms with van der Waals surface area (Å²) < 4.78 is 1.01. The number of benzene rings is 1. The molecule has 1 fully saturated rings. The lowest BCUT2D eigenvalue weighted by Crippen LogP contribution is -2.54. The average molecular weight is 341 g/mol. The van der Waals surface area contributed by atoms with Crippen LogP contribution in [0.4, 0.5) is 4.79 Å². The van der Waals surface area contributed by atoms with Gasteiger partial charge < -0.3 is 14.9 Å². The third-order valence-corrected chi connectivity index (χ3v) is 3.88. The van der Waals surface area contributed by atoms with Gasteiger partial charge in [-0.15, -0.1) is 0 Å². The van der Waals surface area contributed by atoms with Gasteiger partial charge in [-0.3, -0.25) is 4.79 Å².